The maximum Gasteiger partial charge on any atom is 0.323 e. The summed E-state index contributed by atoms with van der Waals surface area (Å²) in [5.74, 6) is -0.214. The first-order valence-corrected chi connectivity index (χ1v) is 8.27. The maximum atomic E-state index is 12.9. The lowest BCUT2D eigenvalue weighted by Crippen LogP contribution is -2.35. The smallest absolute Gasteiger partial charge is 0.312 e. The van der Waals surface area contributed by atoms with Crippen molar-refractivity contribution in [3.63, 3.8) is 0 Å². The average molecular weight is 341 g/mol. The zero-order valence-corrected chi connectivity index (χ0v) is 14.0. The molecule has 0 aromatic heterocycles. The molecule has 0 atom stereocenters. The Kier molecular flexibility index (Phi) is 4.97. The van der Waals surface area contributed by atoms with Crippen LogP contribution in [0, 0.1) is 12.7 Å². The number of nitrogens with zero attached hydrogens (tertiary/aromatic N) is 1. The molecule has 0 spiro atoms. The van der Waals surface area contributed by atoms with E-state index in [9.17, 15) is 14.0 Å². The second-order valence-electron chi connectivity index (χ2n) is 6.09. The van der Waals surface area contributed by atoms with E-state index in [0.29, 0.717) is 17.8 Å². The molecule has 1 aliphatic heterocycles. The van der Waals surface area contributed by atoms with E-state index in [2.05, 4.69) is 10.6 Å². The molecule has 1 fully saturated rings. The SMILES string of the molecule is Cc1cc(NC(=O)Nc2ccc(F)cc2)ccc1N1CCCCC1=O. The van der Waals surface area contributed by atoms with Crippen LogP contribution in [-0.4, -0.2) is 18.5 Å². The fourth-order valence-corrected chi connectivity index (χ4v) is 2.92. The van der Waals surface area contributed by atoms with Gasteiger partial charge >= 0.3 is 6.03 Å². The van der Waals surface area contributed by atoms with E-state index in [4.69, 9.17) is 0 Å². The van der Waals surface area contributed by atoms with Gasteiger partial charge in [-0.2, -0.15) is 0 Å². The number of piperidine rings is 1. The molecule has 2 aromatic carbocycles. The fraction of sp³-hybridized carbons (Fsp3) is 0.263. The van der Waals surface area contributed by atoms with Crippen LogP contribution in [0.15, 0.2) is 42.5 Å². The number of nitrogens with one attached hydrogen (secondary N) is 2. The Morgan fingerprint density at radius 2 is 1.72 bits per heavy atom. The molecule has 2 aromatic rings. The standard InChI is InChI=1S/C19H20FN3O2/c1-13-12-16(9-10-17(13)23-11-3-2-4-18(23)24)22-19(25)21-15-7-5-14(20)6-8-15/h5-10,12H,2-4,11H2,1H3,(H2,21,22,25). The second kappa shape index (κ2) is 7.34. The van der Waals surface area contributed by atoms with Gasteiger partial charge in [0.25, 0.3) is 0 Å². The summed E-state index contributed by atoms with van der Waals surface area (Å²) < 4.78 is 12.9. The first kappa shape index (κ1) is 17.0. The lowest BCUT2D eigenvalue weighted by atomic mass is 10.1. The Hall–Kier alpha value is -2.89. The molecule has 1 aliphatic rings. The van der Waals surface area contributed by atoms with E-state index in [1.165, 1.54) is 24.3 Å². The van der Waals surface area contributed by atoms with E-state index >= 15 is 0 Å². The number of carbonyl (C=O) groups excluding carboxylic acids is 2. The van der Waals surface area contributed by atoms with E-state index in [0.717, 1.165) is 30.6 Å². The average Bonchev–Trinajstić information content (AvgIpc) is 2.58. The number of urea groups is 1. The molecule has 3 amide bonds. The summed E-state index contributed by atoms with van der Waals surface area (Å²) in [7, 11) is 0. The molecule has 2 N–H and O–H groups in total. The lowest BCUT2D eigenvalue weighted by Gasteiger charge is -2.28. The van der Waals surface area contributed by atoms with Gasteiger partial charge in [0.15, 0.2) is 0 Å². The van der Waals surface area contributed by atoms with Crippen LogP contribution in [0.3, 0.4) is 0 Å². The molecule has 5 nitrogen and oxygen atoms in total. The Labute approximate surface area is 145 Å². The van der Waals surface area contributed by atoms with Crippen molar-refractivity contribution in [1.29, 1.82) is 0 Å². The second-order valence-corrected chi connectivity index (χ2v) is 6.09. The minimum absolute atomic E-state index is 0.143. The van der Waals surface area contributed by atoms with Gasteiger partial charge in [0, 0.05) is 30.0 Å². The number of hydrogen-bond acceptors (Lipinski definition) is 2. The summed E-state index contributed by atoms with van der Waals surface area (Å²) in [6.07, 6.45) is 2.53. The van der Waals surface area contributed by atoms with Gasteiger partial charge in [-0.15, -0.1) is 0 Å². The maximum absolute atomic E-state index is 12.9. The number of anilines is 3. The van der Waals surface area contributed by atoms with Crippen LogP contribution >= 0.6 is 0 Å². The predicted molar refractivity (Wildman–Crippen MR) is 96.4 cm³/mol. The van der Waals surface area contributed by atoms with Crippen LogP contribution in [0.25, 0.3) is 0 Å². The monoisotopic (exact) mass is 341 g/mol. The highest BCUT2D eigenvalue weighted by Crippen LogP contribution is 2.27. The molecule has 1 saturated heterocycles. The van der Waals surface area contributed by atoms with Crippen molar-refractivity contribution < 1.29 is 14.0 Å². The van der Waals surface area contributed by atoms with Crippen molar-refractivity contribution in [3.8, 4) is 0 Å². The van der Waals surface area contributed by atoms with Crippen LogP contribution in [0.2, 0.25) is 0 Å². The van der Waals surface area contributed by atoms with Gasteiger partial charge in [0.05, 0.1) is 0 Å². The molecular weight excluding hydrogens is 321 g/mol. The van der Waals surface area contributed by atoms with Crippen LogP contribution < -0.4 is 15.5 Å². The van der Waals surface area contributed by atoms with Gasteiger partial charge in [0.2, 0.25) is 5.91 Å². The highest BCUT2D eigenvalue weighted by molar-refractivity contribution is 6.00. The normalized spacial score (nSPS) is 14.3. The van der Waals surface area contributed by atoms with E-state index in [1.54, 1.807) is 11.0 Å². The van der Waals surface area contributed by atoms with Crippen molar-refractivity contribution in [1.82, 2.24) is 0 Å². The minimum Gasteiger partial charge on any atom is -0.312 e. The molecule has 3 rings (SSSR count). The highest BCUT2D eigenvalue weighted by Gasteiger charge is 2.21. The van der Waals surface area contributed by atoms with Crippen molar-refractivity contribution in [2.45, 2.75) is 26.2 Å². The van der Waals surface area contributed by atoms with E-state index in [-0.39, 0.29) is 11.7 Å². The third-order valence-corrected chi connectivity index (χ3v) is 4.17. The predicted octanol–water partition coefficient (Wildman–Crippen LogP) is 4.30. The van der Waals surface area contributed by atoms with Crippen LogP contribution in [0.5, 0.6) is 0 Å². The van der Waals surface area contributed by atoms with Gasteiger partial charge < -0.3 is 15.5 Å². The molecule has 0 unspecified atom stereocenters. The Bertz CT molecular complexity index is 790. The van der Waals surface area contributed by atoms with E-state index < -0.39 is 6.03 Å². The molecular formula is C19H20FN3O2. The van der Waals surface area contributed by atoms with Gasteiger partial charge in [-0.1, -0.05) is 0 Å². The Morgan fingerprint density at radius 3 is 2.40 bits per heavy atom. The molecule has 25 heavy (non-hydrogen) atoms. The molecule has 0 radical (unpaired) electrons. The highest BCUT2D eigenvalue weighted by atomic mass is 19.1. The Morgan fingerprint density at radius 1 is 1.04 bits per heavy atom. The third kappa shape index (κ3) is 4.15. The molecule has 0 saturated carbocycles. The summed E-state index contributed by atoms with van der Waals surface area (Å²) in [6.45, 7) is 2.65. The molecule has 0 aliphatic carbocycles. The van der Waals surface area contributed by atoms with E-state index in [1.807, 2.05) is 19.1 Å². The van der Waals surface area contributed by atoms with Crippen LogP contribution in [0.4, 0.5) is 26.2 Å². The topological polar surface area (TPSA) is 61.4 Å². The lowest BCUT2D eigenvalue weighted by molar-refractivity contribution is -0.119. The number of hydrogen-bond donors (Lipinski definition) is 2. The summed E-state index contributed by atoms with van der Waals surface area (Å²) >= 11 is 0. The number of amides is 3. The number of rotatable bonds is 3. The molecule has 130 valence electrons. The van der Waals surface area contributed by atoms with Crippen molar-refractivity contribution in [2.24, 2.45) is 0 Å². The van der Waals surface area contributed by atoms with Gasteiger partial charge in [-0.05, 0) is 67.8 Å². The van der Waals surface area contributed by atoms with Crippen LogP contribution in [-0.2, 0) is 4.79 Å². The number of aryl methyl sites for hydroxylation is 1. The fourth-order valence-electron chi connectivity index (χ4n) is 2.92. The zero-order valence-electron chi connectivity index (χ0n) is 14.0. The minimum atomic E-state index is -0.409. The number of carbonyl (C=O) groups is 2. The first-order chi connectivity index (χ1) is 12.0. The molecule has 0 bridgehead atoms. The molecule has 6 heteroatoms. The third-order valence-electron chi connectivity index (χ3n) is 4.17. The largest absolute Gasteiger partial charge is 0.323 e. The number of benzene rings is 2. The van der Waals surface area contributed by atoms with Gasteiger partial charge in [-0.3, -0.25) is 4.79 Å². The Balaban J connectivity index is 1.67. The number of halogens is 1. The zero-order chi connectivity index (χ0) is 17.8. The first-order valence-electron chi connectivity index (χ1n) is 8.27. The van der Waals surface area contributed by atoms with Crippen molar-refractivity contribution >= 4 is 29.0 Å². The summed E-state index contributed by atoms with van der Waals surface area (Å²) in [5, 5.41) is 5.38. The summed E-state index contributed by atoms with van der Waals surface area (Å²) in [4.78, 5) is 25.9. The molecule has 1 heterocycles. The van der Waals surface area contributed by atoms with Crippen LogP contribution in [0.1, 0.15) is 24.8 Å². The van der Waals surface area contributed by atoms with Crippen molar-refractivity contribution in [2.75, 3.05) is 22.1 Å². The van der Waals surface area contributed by atoms with Crippen molar-refractivity contribution in [3.05, 3.63) is 53.8 Å². The quantitative estimate of drug-likeness (QED) is 0.874. The van der Waals surface area contributed by atoms with Gasteiger partial charge in [-0.25, -0.2) is 9.18 Å². The summed E-state index contributed by atoms with van der Waals surface area (Å²) in [5.41, 5.74) is 2.94. The van der Waals surface area contributed by atoms with Gasteiger partial charge in [0.1, 0.15) is 5.82 Å². The summed E-state index contributed by atoms with van der Waals surface area (Å²) in [6, 6.07) is 10.6.